The number of rotatable bonds is 3. The molecule has 0 unspecified atom stereocenters. The smallest absolute Gasteiger partial charge is 0.253 e. The number of carbonyl (C=O) groups excluding carboxylic acids is 1. The molecule has 0 spiro atoms. The van der Waals surface area contributed by atoms with Crippen molar-refractivity contribution >= 4 is 16.9 Å². The highest BCUT2D eigenvalue weighted by Gasteiger charge is 2.28. The van der Waals surface area contributed by atoms with Gasteiger partial charge in [-0.3, -0.25) is 14.3 Å². The van der Waals surface area contributed by atoms with Gasteiger partial charge in [-0.25, -0.2) is 4.98 Å². The van der Waals surface area contributed by atoms with Gasteiger partial charge in [-0.2, -0.15) is 0 Å². The van der Waals surface area contributed by atoms with Crippen LogP contribution in [-0.2, 0) is 4.74 Å². The van der Waals surface area contributed by atoms with Gasteiger partial charge in [-0.15, -0.1) is 0 Å². The number of aryl methyl sites for hydroxylation is 1. The Labute approximate surface area is 177 Å². The lowest BCUT2D eigenvalue weighted by molar-refractivity contribution is 0.00159. The summed E-state index contributed by atoms with van der Waals surface area (Å²) in [5.41, 5.74) is 4.89. The summed E-state index contributed by atoms with van der Waals surface area (Å²) in [6, 6.07) is 14.8. The molecule has 2 aliphatic rings. The second-order valence-electron chi connectivity index (χ2n) is 8.33. The molecule has 0 atom stereocenters. The number of hydrogen-bond acceptors (Lipinski definition) is 4. The zero-order chi connectivity index (χ0) is 20.5. The van der Waals surface area contributed by atoms with Crippen LogP contribution in [0.4, 0.5) is 0 Å². The molecule has 1 aromatic heterocycles. The number of ether oxygens (including phenoxy) is 1. The van der Waals surface area contributed by atoms with E-state index < -0.39 is 0 Å². The number of benzene rings is 2. The van der Waals surface area contributed by atoms with Crippen molar-refractivity contribution in [2.24, 2.45) is 0 Å². The first-order valence-electron chi connectivity index (χ1n) is 10.8. The van der Waals surface area contributed by atoms with Crippen molar-refractivity contribution in [3.63, 3.8) is 0 Å². The van der Waals surface area contributed by atoms with E-state index in [1.165, 1.54) is 5.56 Å². The first-order chi connectivity index (χ1) is 14.7. The van der Waals surface area contributed by atoms with Crippen molar-refractivity contribution in [1.82, 2.24) is 19.4 Å². The van der Waals surface area contributed by atoms with Crippen LogP contribution >= 0.6 is 0 Å². The third-order valence-electron chi connectivity index (χ3n) is 6.39. The third kappa shape index (κ3) is 3.73. The standard InChI is InChI=1S/C24H28N4O2/c1-18-3-2-4-21(15-18)28-17-25-22-16-19(5-6-23(22)28)24(29)27-9-7-20(8-10-27)26-11-13-30-14-12-26/h2-6,15-17,20H,7-14H2,1H3. The Morgan fingerprint density at radius 1 is 1.03 bits per heavy atom. The van der Waals surface area contributed by atoms with Crippen LogP contribution in [0.5, 0.6) is 0 Å². The number of likely N-dealkylation sites (tertiary alicyclic amines) is 1. The topological polar surface area (TPSA) is 50.6 Å². The Bertz CT molecular complexity index is 1050. The Hall–Kier alpha value is -2.70. The SMILES string of the molecule is Cc1cccc(-n2cnc3cc(C(=O)N4CCC(N5CCOCC5)CC4)ccc32)c1. The molecule has 5 rings (SSSR count). The quantitative estimate of drug-likeness (QED) is 0.672. The molecule has 156 valence electrons. The van der Waals surface area contributed by atoms with Gasteiger partial charge in [0.25, 0.3) is 5.91 Å². The van der Waals surface area contributed by atoms with Gasteiger partial charge < -0.3 is 9.64 Å². The van der Waals surface area contributed by atoms with E-state index in [0.717, 1.165) is 74.5 Å². The fourth-order valence-corrected chi connectivity index (χ4v) is 4.69. The lowest BCUT2D eigenvalue weighted by atomic mass is 10.0. The fraction of sp³-hybridized carbons (Fsp3) is 0.417. The van der Waals surface area contributed by atoms with Crippen LogP contribution in [0.1, 0.15) is 28.8 Å². The molecule has 6 nitrogen and oxygen atoms in total. The first-order valence-corrected chi connectivity index (χ1v) is 10.8. The van der Waals surface area contributed by atoms with E-state index in [0.29, 0.717) is 6.04 Å². The number of carbonyl (C=O) groups is 1. The van der Waals surface area contributed by atoms with E-state index in [9.17, 15) is 4.79 Å². The summed E-state index contributed by atoms with van der Waals surface area (Å²) < 4.78 is 7.54. The normalized spacial score (nSPS) is 18.8. The van der Waals surface area contributed by atoms with E-state index in [1.807, 2.05) is 29.4 Å². The lowest BCUT2D eigenvalue weighted by Crippen LogP contribution is -2.50. The van der Waals surface area contributed by atoms with Crippen molar-refractivity contribution in [3.05, 3.63) is 59.9 Å². The third-order valence-corrected chi connectivity index (χ3v) is 6.39. The van der Waals surface area contributed by atoms with Crippen molar-refractivity contribution in [2.75, 3.05) is 39.4 Å². The number of hydrogen-bond donors (Lipinski definition) is 0. The Kier molecular flexibility index (Phi) is 5.27. The molecular formula is C24H28N4O2. The molecule has 0 aliphatic carbocycles. The zero-order valence-electron chi connectivity index (χ0n) is 17.5. The number of piperidine rings is 1. The van der Waals surface area contributed by atoms with Gasteiger partial charge in [0.05, 0.1) is 24.2 Å². The molecule has 0 N–H and O–H groups in total. The summed E-state index contributed by atoms with van der Waals surface area (Å²) in [6.07, 6.45) is 3.91. The Morgan fingerprint density at radius 2 is 1.83 bits per heavy atom. The molecule has 1 amide bonds. The molecule has 2 fully saturated rings. The van der Waals surface area contributed by atoms with Crippen LogP contribution in [0.2, 0.25) is 0 Å². The molecule has 0 radical (unpaired) electrons. The molecule has 30 heavy (non-hydrogen) atoms. The van der Waals surface area contributed by atoms with Gasteiger partial charge in [-0.05, 0) is 55.7 Å². The zero-order valence-corrected chi connectivity index (χ0v) is 17.5. The van der Waals surface area contributed by atoms with Crippen molar-refractivity contribution in [3.8, 4) is 5.69 Å². The minimum absolute atomic E-state index is 0.113. The molecular weight excluding hydrogens is 376 g/mol. The maximum atomic E-state index is 13.1. The predicted molar refractivity (Wildman–Crippen MR) is 117 cm³/mol. The summed E-state index contributed by atoms with van der Waals surface area (Å²) in [5, 5.41) is 0. The van der Waals surface area contributed by atoms with E-state index in [-0.39, 0.29) is 5.91 Å². The largest absolute Gasteiger partial charge is 0.379 e. The number of fused-ring (bicyclic) bond motifs is 1. The molecule has 2 saturated heterocycles. The van der Waals surface area contributed by atoms with Gasteiger partial charge in [0.2, 0.25) is 0 Å². The Morgan fingerprint density at radius 3 is 2.60 bits per heavy atom. The number of amides is 1. The summed E-state index contributed by atoms with van der Waals surface area (Å²) in [4.78, 5) is 22.2. The average Bonchev–Trinajstić information content (AvgIpc) is 3.23. The predicted octanol–water partition coefficient (Wildman–Crippen LogP) is 3.27. The molecule has 6 heteroatoms. The maximum Gasteiger partial charge on any atom is 0.253 e. The molecule has 3 heterocycles. The van der Waals surface area contributed by atoms with Gasteiger partial charge >= 0.3 is 0 Å². The van der Waals surface area contributed by atoms with Gasteiger partial charge in [0, 0.05) is 43.5 Å². The number of morpholine rings is 1. The minimum Gasteiger partial charge on any atom is -0.379 e. The van der Waals surface area contributed by atoms with E-state index in [4.69, 9.17) is 4.74 Å². The van der Waals surface area contributed by atoms with E-state index >= 15 is 0 Å². The average molecular weight is 405 g/mol. The fourth-order valence-electron chi connectivity index (χ4n) is 4.69. The maximum absolute atomic E-state index is 13.1. The van der Waals surface area contributed by atoms with Crippen LogP contribution in [-0.4, -0.2) is 70.7 Å². The highest BCUT2D eigenvalue weighted by atomic mass is 16.5. The Balaban J connectivity index is 1.30. The van der Waals surface area contributed by atoms with Crippen LogP contribution in [0, 0.1) is 6.92 Å². The summed E-state index contributed by atoms with van der Waals surface area (Å²) in [7, 11) is 0. The highest BCUT2D eigenvalue weighted by Crippen LogP contribution is 2.23. The van der Waals surface area contributed by atoms with E-state index in [1.54, 1.807) is 0 Å². The monoisotopic (exact) mass is 404 g/mol. The van der Waals surface area contributed by atoms with Crippen LogP contribution < -0.4 is 0 Å². The van der Waals surface area contributed by atoms with Gasteiger partial charge in [0.15, 0.2) is 0 Å². The number of imidazole rings is 1. The molecule has 2 aliphatic heterocycles. The second-order valence-corrected chi connectivity index (χ2v) is 8.33. The van der Waals surface area contributed by atoms with Crippen LogP contribution in [0.3, 0.4) is 0 Å². The van der Waals surface area contributed by atoms with Crippen molar-refractivity contribution < 1.29 is 9.53 Å². The molecule has 3 aromatic rings. The van der Waals surface area contributed by atoms with Crippen LogP contribution in [0.15, 0.2) is 48.8 Å². The van der Waals surface area contributed by atoms with Gasteiger partial charge in [-0.1, -0.05) is 12.1 Å². The van der Waals surface area contributed by atoms with Crippen LogP contribution in [0.25, 0.3) is 16.7 Å². The summed E-state index contributed by atoms with van der Waals surface area (Å²) in [6.45, 7) is 7.40. The summed E-state index contributed by atoms with van der Waals surface area (Å²) in [5.74, 6) is 0.113. The highest BCUT2D eigenvalue weighted by molar-refractivity contribution is 5.97. The minimum atomic E-state index is 0.113. The second kappa shape index (κ2) is 8.20. The lowest BCUT2D eigenvalue weighted by Gasteiger charge is -2.40. The van der Waals surface area contributed by atoms with Crippen molar-refractivity contribution in [2.45, 2.75) is 25.8 Å². The van der Waals surface area contributed by atoms with Gasteiger partial charge in [0.1, 0.15) is 6.33 Å². The molecule has 0 bridgehead atoms. The van der Waals surface area contributed by atoms with Crippen molar-refractivity contribution in [1.29, 1.82) is 0 Å². The summed E-state index contributed by atoms with van der Waals surface area (Å²) >= 11 is 0. The first kappa shape index (κ1) is 19.3. The molecule has 2 aromatic carbocycles. The number of nitrogens with zero attached hydrogens (tertiary/aromatic N) is 4. The molecule has 0 saturated carbocycles. The van der Waals surface area contributed by atoms with E-state index in [2.05, 4.69) is 45.6 Å². The number of aromatic nitrogens is 2.